The van der Waals surface area contributed by atoms with E-state index in [4.69, 9.17) is 4.42 Å². The van der Waals surface area contributed by atoms with E-state index in [-0.39, 0.29) is 11.8 Å². The van der Waals surface area contributed by atoms with Gasteiger partial charge >= 0.3 is 0 Å². The number of hydrogen-bond acceptors (Lipinski definition) is 3. The molecule has 0 bridgehead atoms. The van der Waals surface area contributed by atoms with Crippen LogP contribution < -0.4 is 10.2 Å². The summed E-state index contributed by atoms with van der Waals surface area (Å²) in [5.41, 5.74) is 5.03. The fourth-order valence-corrected chi connectivity index (χ4v) is 4.81. The fraction of sp³-hybridized carbons (Fsp3) is 0.143. The molecule has 5 aromatic rings. The molecule has 3 heterocycles. The zero-order valence-electron chi connectivity index (χ0n) is 18.9. The van der Waals surface area contributed by atoms with Crippen molar-refractivity contribution in [1.29, 1.82) is 0 Å². The molecular weight excluding hydrogens is 426 g/mol. The third kappa shape index (κ3) is 3.10. The Labute approximate surface area is 196 Å². The Bertz CT molecular complexity index is 1590. The fourth-order valence-electron chi connectivity index (χ4n) is 4.81. The molecule has 0 radical (unpaired) electrons. The zero-order chi connectivity index (χ0) is 23.4. The van der Waals surface area contributed by atoms with Crippen LogP contribution in [0.15, 0.2) is 83.6 Å². The molecule has 6 rings (SSSR count). The topological polar surface area (TPSA) is 78.3 Å². The second kappa shape index (κ2) is 7.35. The maximum atomic E-state index is 13.4. The normalized spacial score (nSPS) is 14.6. The highest BCUT2D eigenvalue weighted by atomic mass is 16.3. The van der Waals surface area contributed by atoms with Crippen LogP contribution in [0.1, 0.15) is 35.3 Å². The molecular formula is C28H23N3O3. The quantitative estimate of drug-likeness (QED) is 0.354. The van der Waals surface area contributed by atoms with Gasteiger partial charge in [-0.25, -0.2) is 0 Å². The van der Waals surface area contributed by atoms with Crippen molar-refractivity contribution in [3.05, 3.63) is 95.9 Å². The average Bonchev–Trinajstić information content (AvgIpc) is 3.52. The molecule has 3 aromatic carbocycles. The van der Waals surface area contributed by atoms with Crippen molar-refractivity contribution in [3.63, 3.8) is 0 Å². The van der Waals surface area contributed by atoms with Gasteiger partial charge in [0.05, 0.1) is 23.9 Å². The zero-order valence-corrected chi connectivity index (χ0v) is 18.9. The van der Waals surface area contributed by atoms with E-state index in [9.17, 15) is 9.59 Å². The molecule has 0 aliphatic carbocycles. The molecule has 6 heteroatoms. The van der Waals surface area contributed by atoms with Crippen LogP contribution in [0.2, 0.25) is 0 Å². The van der Waals surface area contributed by atoms with Gasteiger partial charge in [-0.2, -0.15) is 0 Å². The molecule has 2 aromatic heterocycles. The van der Waals surface area contributed by atoms with Gasteiger partial charge in [0.2, 0.25) is 5.91 Å². The van der Waals surface area contributed by atoms with Crippen molar-refractivity contribution < 1.29 is 14.0 Å². The van der Waals surface area contributed by atoms with Gasteiger partial charge in [-0.05, 0) is 61.4 Å². The minimum absolute atomic E-state index is 0.0176. The summed E-state index contributed by atoms with van der Waals surface area (Å²) in [6, 6.07) is 21.2. The van der Waals surface area contributed by atoms with Crippen LogP contribution in [-0.4, -0.2) is 16.8 Å². The van der Waals surface area contributed by atoms with Gasteiger partial charge in [0, 0.05) is 33.7 Å². The molecule has 0 saturated carbocycles. The molecule has 1 aliphatic rings. The number of nitrogens with zero attached hydrogens (tertiary/aromatic N) is 1. The number of para-hydroxylation sites is 1. The largest absolute Gasteiger partial charge is 0.464 e. The third-order valence-electron chi connectivity index (χ3n) is 6.70. The van der Waals surface area contributed by atoms with Gasteiger partial charge in [0.1, 0.15) is 5.58 Å². The number of fused-ring (bicyclic) bond motifs is 3. The number of anilines is 2. The van der Waals surface area contributed by atoms with Crippen molar-refractivity contribution in [1.82, 2.24) is 4.98 Å². The summed E-state index contributed by atoms with van der Waals surface area (Å²) < 4.78 is 5.44. The summed E-state index contributed by atoms with van der Waals surface area (Å²) >= 11 is 0. The lowest BCUT2D eigenvalue weighted by atomic mass is 9.86. The lowest BCUT2D eigenvalue weighted by Gasteiger charge is -2.20. The van der Waals surface area contributed by atoms with Crippen molar-refractivity contribution in [3.8, 4) is 0 Å². The number of nitrogens with one attached hydrogen (secondary N) is 2. The second-order valence-electron chi connectivity index (χ2n) is 9.24. The Morgan fingerprint density at radius 1 is 1.06 bits per heavy atom. The summed E-state index contributed by atoms with van der Waals surface area (Å²) in [5.74, 6) is -0.201. The molecule has 0 fully saturated rings. The van der Waals surface area contributed by atoms with E-state index in [1.807, 2.05) is 74.5 Å². The molecule has 6 nitrogen and oxygen atoms in total. The van der Waals surface area contributed by atoms with Crippen molar-refractivity contribution in [2.75, 3.05) is 10.2 Å². The average molecular weight is 450 g/mol. The highest BCUT2D eigenvalue weighted by Crippen LogP contribution is 2.43. The van der Waals surface area contributed by atoms with Crippen molar-refractivity contribution in [2.24, 2.45) is 0 Å². The minimum atomic E-state index is -0.666. The molecule has 0 atom stereocenters. The van der Waals surface area contributed by atoms with E-state index in [1.54, 1.807) is 23.4 Å². The first kappa shape index (κ1) is 20.3. The highest BCUT2D eigenvalue weighted by molar-refractivity contribution is 6.12. The number of benzene rings is 3. The van der Waals surface area contributed by atoms with Gasteiger partial charge < -0.3 is 19.6 Å². The van der Waals surface area contributed by atoms with Crippen LogP contribution >= 0.6 is 0 Å². The lowest BCUT2D eigenvalue weighted by Crippen LogP contribution is -2.35. The van der Waals surface area contributed by atoms with Gasteiger partial charge in [-0.3, -0.25) is 9.59 Å². The Balaban J connectivity index is 1.34. The molecule has 34 heavy (non-hydrogen) atoms. The van der Waals surface area contributed by atoms with E-state index in [1.165, 1.54) is 0 Å². The van der Waals surface area contributed by atoms with E-state index >= 15 is 0 Å². The summed E-state index contributed by atoms with van der Waals surface area (Å²) in [5, 5.41) is 4.95. The van der Waals surface area contributed by atoms with Gasteiger partial charge in [0.25, 0.3) is 5.91 Å². The van der Waals surface area contributed by atoms with Crippen LogP contribution in [0.4, 0.5) is 11.4 Å². The number of hydrogen-bond donors (Lipinski definition) is 2. The van der Waals surface area contributed by atoms with E-state index < -0.39 is 5.41 Å². The number of aromatic nitrogens is 1. The van der Waals surface area contributed by atoms with Gasteiger partial charge in [-0.1, -0.05) is 30.3 Å². The molecule has 2 amide bonds. The summed E-state index contributed by atoms with van der Waals surface area (Å²) in [7, 11) is 0. The SMILES string of the molecule is CC1(C)C(=O)N(Cc2ccc3occc3c2)c2cc(C(=O)Nc3c[nH]c4ccccc34)ccc21. The number of carbonyl (C=O) groups is 2. The predicted molar refractivity (Wildman–Crippen MR) is 133 cm³/mol. The first-order chi connectivity index (χ1) is 16.4. The van der Waals surface area contributed by atoms with Crippen molar-refractivity contribution >= 4 is 45.1 Å². The first-order valence-electron chi connectivity index (χ1n) is 11.2. The molecule has 0 unspecified atom stereocenters. The van der Waals surface area contributed by atoms with Crippen molar-refractivity contribution in [2.45, 2.75) is 25.8 Å². The Kier molecular flexibility index (Phi) is 4.39. The molecule has 0 saturated heterocycles. The minimum Gasteiger partial charge on any atom is -0.464 e. The number of furan rings is 1. The molecule has 0 spiro atoms. The van der Waals surface area contributed by atoms with Gasteiger partial charge in [0.15, 0.2) is 0 Å². The van der Waals surface area contributed by atoms with E-state index in [0.29, 0.717) is 12.1 Å². The van der Waals surface area contributed by atoms with Crippen LogP contribution in [0.3, 0.4) is 0 Å². The molecule has 2 N–H and O–H groups in total. The highest BCUT2D eigenvalue weighted by Gasteiger charge is 2.44. The Morgan fingerprint density at radius 3 is 2.79 bits per heavy atom. The summed E-state index contributed by atoms with van der Waals surface area (Å²) in [4.78, 5) is 31.5. The Morgan fingerprint density at radius 2 is 1.91 bits per heavy atom. The number of amides is 2. The maximum Gasteiger partial charge on any atom is 0.255 e. The van der Waals surface area contributed by atoms with Gasteiger partial charge in [-0.15, -0.1) is 0 Å². The molecule has 1 aliphatic heterocycles. The first-order valence-corrected chi connectivity index (χ1v) is 11.2. The maximum absolute atomic E-state index is 13.4. The standard InChI is InChI=1S/C28H23N3O3/c1-28(2)21-9-8-19(26(32)30-23-15-29-22-6-4-3-5-20(22)23)14-24(21)31(27(28)33)16-17-7-10-25-18(13-17)11-12-34-25/h3-15,29H,16H2,1-2H3,(H,30,32). The smallest absolute Gasteiger partial charge is 0.255 e. The predicted octanol–water partition coefficient (Wildman–Crippen LogP) is 5.99. The Hall–Kier alpha value is -4.32. The lowest BCUT2D eigenvalue weighted by molar-refractivity contribution is -0.122. The summed E-state index contributed by atoms with van der Waals surface area (Å²) in [6.07, 6.45) is 3.45. The summed E-state index contributed by atoms with van der Waals surface area (Å²) in [6.45, 7) is 4.28. The number of H-pyrrole nitrogens is 1. The second-order valence-corrected chi connectivity index (χ2v) is 9.24. The number of carbonyl (C=O) groups excluding carboxylic acids is 2. The number of aromatic amines is 1. The monoisotopic (exact) mass is 449 g/mol. The van der Waals surface area contributed by atoms with Crippen LogP contribution in [0.25, 0.3) is 21.9 Å². The van der Waals surface area contributed by atoms with E-state index in [0.717, 1.165) is 44.4 Å². The van der Waals surface area contributed by atoms with E-state index in [2.05, 4.69) is 10.3 Å². The van der Waals surface area contributed by atoms with Crippen LogP contribution in [-0.2, 0) is 16.8 Å². The third-order valence-corrected chi connectivity index (χ3v) is 6.70. The van der Waals surface area contributed by atoms with Crippen LogP contribution in [0.5, 0.6) is 0 Å². The number of rotatable bonds is 4. The molecule has 168 valence electrons. The van der Waals surface area contributed by atoms with Crippen LogP contribution in [0, 0.1) is 0 Å².